The maximum Gasteiger partial charge on any atom is 0.337 e. The van der Waals surface area contributed by atoms with Gasteiger partial charge in [-0.1, -0.05) is 0 Å². The molecule has 0 unspecified atom stereocenters. The Hall–Kier alpha value is -2.21. The lowest BCUT2D eigenvalue weighted by Crippen LogP contribution is -2.20. The van der Waals surface area contributed by atoms with Crippen molar-refractivity contribution in [2.24, 2.45) is 0 Å². The lowest BCUT2D eigenvalue weighted by molar-refractivity contribution is 0.0696. The summed E-state index contributed by atoms with van der Waals surface area (Å²) in [5.41, 5.74) is 2.17. The van der Waals surface area contributed by atoms with Crippen LogP contribution >= 0.6 is 0 Å². The molecule has 0 aliphatic heterocycles. The van der Waals surface area contributed by atoms with Crippen LogP contribution in [0.1, 0.15) is 21.6 Å². The minimum atomic E-state index is -0.957. The molecule has 2 N–H and O–H groups in total. The fraction of sp³-hybridized carbons (Fsp3) is 0.308. The minimum Gasteiger partial charge on any atom is -0.478 e. The van der Waals surface area contributed by atoms with Gasteiger partial charge in [0.15, 0.2) is 0 Å². The Balaban J connectivity index is 1.75. The lowest BCUT2D eigenvalue weighted by Gasteiger charge is -2.05. The Kier molecular flexibility index (Phi) is 4.25. The average molecular weight is 260 g/mol. The van der Waals surface area contributed by atoms with Gasteiger partial charge < -0.3 is 10.4 Å². The maximum absolute atomic E-state index is 10.7. The molecule has 0 atom stereocenters. The SMILES string of the molecule is Cc1cnn(CCNCc2ccc(C(=O)O)cn2)c1. The number of aryl methyl sites for hydroxylation is 1. The fourth-order valence-electron chi connectivity index (χ4n) is 1.65. The number of aromatic nitrogens is 3. The molecule has 2 heterocycles. The predicted molar refractivity (Wildman–Crippen MR) is 69.9 cm³/mol. The second-order valence-electron chi connectivity index (χ2n) is 4.30. The summed E-state index contributed by atoms with van der Waals surface area (Å²) in [6, 6.07) is 3.28. The number of carboxylic acids is 1. The van der Waals surface area contributed by atoms with Crippen molar-refractivity contribution in [3.05, 3.63) is 47.5 Å². The summed E-state index contributed by atoms with van der Waals surface area (Å²) in [6.07, 6.45) is 5.18. The molecule has 0 fully saturated rings. The van der Waals surface area contributed by atoms with E-state index in [0.717, 1.165) is 24.3 Å². The summed E-state index contributed by atoms with van der Waals surface area (Å²) in [5, 5.41) is 16.2. The standard InChI is InChI=1S/C13H16N4O2/c1-10-6-16-17(9-10)5-4-14-8-12-3-2-11(7-15-12)13(18)19/h2-3,6-7,9,14H,4-5,8H2,1H3,(H,18,19). The maximum atomic E-state index is 10.7. The Morgan fingerprint density at radius 2 is 2.26 bits per heavy atom. The second-order valence-corrected chi connectivity index (χ2v) is 4.30. The molecule has 2 aromatic heterocycles. The Morgan fingerprint density at radius 3 is 2.84 bits per heavy atom. The highest BCUT2D eigenvalue weighted by molar-refractivity contribution is 5.87. The molecular formula is C13H16N4O2. The minimum absolute atomic E-state index is 0.204. The highest BCUT2D eigenvalue weighted by Crippen LogP contribution is 2.00. The number of pyridine rings is 1. The molecule has 100 valence electrons. The zero-order valence-corrected chi connectivity index (χ0v) is 10.7. The van der Waals surface area contributed by atoms with Crippen molar-refractivity contribution < 1.29 is 9.90 Å². The fourth-order valence-corrected chi connectivity index (χ4v) is 1.65. The zero-order valence-electron chi connectivity index (χ0n) is 10.7. The topological polar surface area (TPSA) is 80.0 Å². The van der Waals surface area contributed by atoms with E-state index < -0.39 is 5.97 Å². The molecule has 0 saturated heterocycles. The van der Waals surface area contributed by atoms with E-state index in [1.165, 1.54) is 6.20 Å². The van der Waals surface area contributed by atoms with E-state index in [2.05, 4.69) is 15.4 Å². The van der Waals surface area contributed by atoms with Gasteiger partial charge in [0.1, 0.15) is 0 Å². The van der Waals surface area contributed by atoms with Gasteiger partial charge in [-0.25, -0.2) is 4.79 Å². The van der Waals surface area contributed by atoms with Crippen molar-refractivity contribution in [1.29, 1.82) is 0 Å². The molecule has 0 amide bonds. The Morgan fingerprint density at radius 1 is 1.42 bits per heavy atom. The third-order valence-corrected chi connectivity index (χ3v) is 2.66. The van der Waals surface area contributed by atoms with Gasteiger partial charge in [-0.3, -0.25) is 9.67 Å². The molecule has 6 nitrogen and oxygen atoms in total. The summed E-state index contributed by atoms with van der Waals surface area (Å²) in [7, 11) is 0. The zero-order chi connectivity index (χ0) is 13.7. The summed E-state index contributed by atoms with van der Waals surface area (Å²) >= 11 is 0. The van der Waals surface area contributed by atoms with Crippen LogP contribution in [0, 0.1) is 6.92 Å². The number of nitrogens with one attached hydrogen (secondary N) is 1. The van der Waals surface area contributed by atoms with Crippen LogP contribution in [-0.2, 0) is 13.1 Å². The molecule has 19 heavy (non-hydrogen) atoms. The quantitative estimate of drug-likeness (QED) is 0.759. The molecule has 0 radical (unpaired) electrons. The van der Waals surface area contributed by atoms with Gasteiger partial charge in [0.2, 0.25) is 0 Å². The number of carboxylic acid groups (broad SMARTS) is 1. The van der Waals surface area contributed by atoms with Crippen molar-refractivity contribution in [2.75, 3.05) is 6.54 Å². The van der Waals surface area contributed by atoms with Crippen molar-refractivity contribution in [1.82, 2.24) is 20.1 Å². The summed E-state index contributed by atoms with van der Waals surface area (Å²) in [4.78, 5) is 14.7. The molecule has 0 aliphatic carbocycles. The Bertz CT molecular complexity index is 548. The highest BCUT2D eigenvalue weighted by Gasteiger charge is 2.02. The van der Waals surface area contributed by atoms with E-state index in [1.54, 1.807) is 12.1 Å². The van der Waals surface area contributed by atoms with Crippen molar-refractivity contribution in [3.63, 3.8) is 0 Å². The van der Waals surface area contributed by atoms with Crippen LogP contribution < -0.4 is 5.32 Å². The van der Waals surface area contributed by atoms with Crippen LogP contribution in [0.25, 0.3) is 0 Å². The van der Waals surface area contributed by atoms with Crippen LogP contribution in [0.3, 0.4) is 0 Å². The lowest BCUT2D eigenvalue weighted by atomic mass is 10.2. The van der Waals surface area contributed by atoms with Gasteiger partial charge in [0, 0.05) is 25.5 Å². The molecule has 6 heteroatoms. The molecule has 0 spiro atoms. The molecular weight excluding hydrogens is 244 g/mol. The van der Waals surface area contributed by atoms with E-state index in [1.807, 2.05) is 24.0 Å². The van der Waals surface area contributed by atoms with Crippen LogP contribution in [0.5, 0.6) is 0 Å². The van der Waals surface area contributed by atoms with Crippen LogP contribution in [-0.4, -0.2) is 32.4 Å². The summed E-state index contributed by atoms with van der Waals surface area (Å²) in [6.45, 7) is 4.19. The van der Waals surface area contributed by atoms with Gasteiger partial charge in [0.05, 0.1) is 24.0 Å². The number of carbonyl (C=O) groups is 1. The van der Waals surface area contributed by atoms with Gasteiger partial charge in [-0.05, 0) is 24.6 Å². The van der Waals surface area contributed by atoms with Gasteiger partial charge in [-0.2, -0.15) is 5.10 Å². The van der Waals surface area contributed by atoms with E-state index in [0.29, 0.717) is 6.54 Å². The predicted octanol–water partition coefficient (Wildman–Crippen LogP) is 1.07. The first-order chi connectivity index (χ1) is 9.15. The third kappa shape index (κ3) is 3.89. The monoisotopic (exact) mass is 260 g/mol. The summed E-state index contributed by atoms with van der Waals surface area (Å²) < 4.78 is 1.88. The van der Waals surface area contributed by atoms with Crippen molar-refractivity contribution >= 4 is 5.97 Å². The van der Waals surface area contributed by atoms with Crippen molar-refractivity contribution in [3.8, 4) is 0 Å². The molecule has 0 bridgehead atoms. The first-order valence-electron chi connectivity index (χ1n) is 6.03. The summed E-state index contributed by atoms with van der Waals surface area (Å²) in [5.74, 6) is -0.957. The van der Waals surface area contributed by atoms with Gasteiger partial charge in [-0.15, -0.1) is 0 Å². The van der Waals surface area contributed by atoms with E-state index in [-0.39, 0.29) is 5.56 Å². The van der Waals surface area contributed by atoms with E-state index in [4.69, 9.17) is 5.11 Å². The highest BCUT2D eigenvalue weighted by atomic mass is 16.4. The normalized spacial score (nSPS) is 10.6. The van der Waals surface area contributed by atoms with Crippen LogP contribution in [0.15, 0.2) is 30.7 Å². The first-order valence-corrected chi connectivity index (χ1v) is 6.03. The smallest absolute Gasteiger partial charge is 0.337 e. The number of nitrogens with zero attached hydrogens (tertiary/aromatic N) is 3. The molecule has 2 rings (SSSR count). The first kappa shape index (κ1) is 13.2. The van der Waals surface area contributed by atoms with Gasteiger partial charge in [0.25, 0.3) is 0 Å². The second kappa shape index (κ2) is 6.10. The number of hydrogen-bond donors (Lipinski definition) is 2. The van der Waals surface area contributed by atoms with Crippen molar-refractivity contribution in [2.45, 2.75) is 20.0 Å². The number of hydrogen-bond acceptors (Lipinski definition) is 4. The number of rotatable bonds is 6. The molecule has 0 aromatic carbocycles. The largest absolute Gasteiger partial charge is 0.478 e. The Labute approximate surface area is 111 Å². The van der Waals surface area contributed by atoms with E-state index >= 15 is 0 Å². The van der Waals surface area contributed by atoms with Gasteiger partial charge >= 0.3 is 5.97 Å². The van der Waals surface area contributed by atoms with E-state index in [9.17, 15) is 4.79 Å². The molecule has 0 saturated carbocycles. The van der Waals surface area contributed by atoms with Crippen LogP contribution in [0.2, 0.25) is 0 Å². The molecule has 2 aromatic rings. The third-order valence-electron chi connectivity index (χ3n) is 2.66. The average Bonchev–Trinajstić information content (AvgIpc) is 2.81. The molecule has 0 aliphatic rings. The number of aromatic carboxylic acids is 1. The van der Waals surface area contributed by atoms with Crippen LogP contribution in [0.4, 0.5) is 0 Å².